The van der Waals surface area contributed by atoms with Gasteiger partial charge in [0.15, 0.2) is 11.5 Å². The minimum absolute atomic E-state index is 0.00655. The number of aromatic nitrogens is 4. The van der Waals surface area contributed by atoms with Crippen molar-refractivity contribution in [3.05, 3.63) is 12.7 Å². The van der Waals surface area contributed by atoms with Crippen LogP contribution in [0.15, 0.2) is 12.7 Å². The molecule has 18 nitrogen and oxygen atoms in total. The van der Waals surface area contributed by atoms with Gasteiger partial charge in [0, 0.05) is 0 Å². The first-order valence-corrected chi connectivity index (χ1v) is 12.4. The zero-order valence-corrected chi connectivity index (χ0v) is 17.5. The predicted molar refractivity (Wildman–Crippen MR) is 91.0 cm³/mol. The van der Waals surface area contributed by atoms with E-state index < -0.39 is 54.6 Å². The van der Waals surface area contributed by atoms with E-state index in [1.807, 2.05) is 0 Å². The van der Waals surface area contributed by atoms with E-state index in [1.165, 1.54) is 0 Å². The van der Waals surface area contributed by atoms with E-state index in [0.29, 0.717) is 0 Å². The number of anilines is 1. The molecule has 0 saturated carbocycles. The summed E-state index contributed by atoms with van der Waals surface area (Å²) in [6, 6.07) is 0. The van der Waals surface area contributed by atoms with Gasteiger partial charge in [-0.3, -0.25) is 9.09 Å². The summed E-state index contributed by atoms with van der Waals surface area (Å²) >= 11 is 0. The van der Waals surface area contributed by atoms with Gasteiger partial charge in [0.2, 0.25) is 0 Å². The van der Waals surface area contributed by atoms with Crippen LogP contribution in [0, 0.1) is 0 Å². The lowest BCUT2D eigenvalue weighted by atomic mass is 10.1. The molecule has 0 aliphatic carbocycles. The summed E-state index contributed by atoms with van der Waals surface area (Å²) in [5, 5.41) is 24.6. The minimum Gasteiger partial charge on any atom is -0.851 e. The summed E-state index contributed by atoms with van der Waals surface area (Å²) in [6.45, 7) is -1.06. The Morgan fingerprint density at radius 1 is 1.06 bits per heavy atom. The topological polar surface area (TPSA) is 285 Å². The van der Waals surface area contributed by atoms with Crippen LogP contribution < -0.4 is 15.9 Å². The smallest absolute Gasteiger partial charge is 0.490 e. The van der Waals surface area contributed by atoms with E-state index >= 15 is 0 Å². The second-order valence-corrected chi connectivity index (χ2v) is 10.4. The zero-order chi connectivity index (χ0) is 23.2. The van der Waals surface area contributed by atoms with Crippen molar-refractivity contribution < 1.29 is 61.4 Å². The molecule has 1 aliphatic heterocycles. The first-order valence-electron chi connectivity index (χ1n) is 7.87. The summed E-state index contributed by atoms with van der Waals surface area (Å²) in [6.07, 6.45) is -4.86. The van der Waals surface area contributed by atoms with Gasteiger partial charge in [0.05, 0.1) is 19.0 Å². The third kappa shape index (κ3) is 5.71. The molecule has 2 unspecified atom stereocenters. The molecule has 3 rings (SSSR count). The maximum atomic E-state index is 12.4. The molecule has 21 heteroatoms. The summed E-state index contributed by atoms with van der Waals surface area (Å²) in [5.41, 5.74) is 5.86. The lowest BCUT2D eigenvalue weighted by Crippen LogP contribution is -2.50. The number of nitrogens with two attached hydrogens (primary N) is 1. The molecule has 0 radical (unpaired) electrons. The van der Waals surface area contributed by atoms with E-state index in [4.69, 9.17) is 25.2 Å². The first-order chi connectivity index (χ1) is 14.2. The summed E-state index contributed by atoms with van der Waals surface area (Å²) in [7, 11) is -16.8. The highest BCUT2D eigenvalue weighted by Gasteiger charge is 2.42. The van der Waals surface area contributed by atoms with E-state index in [9.17, 15) is 28.8 Å². The quantitative estimate of drug-likeness (QED) is 0.225. The highest BCUT2D eigenvalue weighted by atomic mass is 31.3. The van der Waals surface area contributed by atoms with Gasteiger partial charge in [0.1, 0.15) is 18.1 Å². The van der Waals surface area contributed by atoms with E-state index in [2.05, 4.69) is 28.1 Å². The largest absolute Gasteiger partial charge is 0.851 e. The molecule has 31 heavy (non-hydrogen) atoms. The summed E-state index contributed by atoms with van der Waals surface area (Å²) in [5.74, 6) is 0.00655. The predicted octanol–water partition coefficient (Wildman–Crippen LogP) is -2.89. The zero-order valence-electron chi connectivity index (χ0n) is 14.8. The Labute approximate surface area is 171 Å². The van der Waals surface area contributed by atoms with E-state index in [0.717, 1.165) is 17.2 Å². The Balaban J connectivity index is 1.69. The molecule has 0 aromatic carbocycles. The van der Waals surface area contributed by atoms with Gasteiger partial charge >= 0.3 is 23.5 Å². The Morgan fingerprint density at radius 3 is 2.39 bits per heavy atom. The number of ether oxygens (including phenoxy) is 1. The van der Waals surface area contributed by atoms with Gasteiger partial charge in [-0.05, 0) is 0 Å². The number of nitrogens with zero attached hydrogens (tertiary/aromatic N) is 4. The maximum Gasteiger partial charge on any atom is 0.490 e. The van der Waals surface area contributed by atoms with Crippen LogP contribution in [0.25, 0.3) is 11.2 Å². The van der Waals surface area contributed by atoms with E-state index in [1.54, 1.807) is 0 Å². The van der Waals surface area contributed by atoms with Crippen LogP contribution in [0.3, 0.4) is 0 Å². The summed E-state index contributed by atoms with van der Waals surface area (Å²) in [4.78, 5) is 47.0. The fourth-order valence-corrected chi connectivity index (χ4v) is 5.62. The second-order valence-electron chi connectivity index (χ2n) is 5.96. The van der Waals surface area contributed by atoms with Crippen molar-refractivity contribution in [3.63, 3.8) is 0 Å². The maximum absolute atomic E-state index is 12.4. The van der Waals surface area contributed by atoms with Crippen LogP contribution in [0.5, 0.6) is 0 Å². The molecule has 2 aromatic rings. The number of rotatable bonds is 8. The highest BCUT2D eigenvalue weighted by Crippen LogP contribution is 2.66. The highest BCUT2D eigenvalue weighted by molar-refractivity contribution is 7.66. The second kappa shape index (κ2) is 8.53. The first kappa shape index (κ1) is 24.3. The van der Waals surface area contributed by atoms with Crippen LogP contribution in [0.4, 0.5) is 5.82 Å². The van der Waals surface area contributed by atoms with Gasteiger partial charge < -0.3 is 40.3 Å². The van der Waals surface area contributed by atoms with Crippen molar-refractivity contribution in [2.24, 2.45) is 0 Å². The number of fused-ring (bicyclic) bond motifs is 1. The van der Waals surface area contributed by atoms with Crippen molar-refractivity contribution in [2.75, 3.05) is 12.3 Å². The molecule has 2 aromatic heterocycles. The standard InChI is InChI=1S/C10H14N5O13P3/c11-8-5-9(13-2-12-8)15(3-14-5)10-7(17)6(16)4(26-10)1-25-30(21,22)28-31(23,24)27-29(18,19)20/h2-4,6-7,10H,1H2,(H,21,22)(H,23,24)(H2,11,12,13)(H2,18,19,20)/q-2/t4-,6+,7-,10-/m1/s1. The average molecular weight is 505 g/mol. The fraction of sp³-hybridized carbons (Fsp3) is 0.500. The van der Waals surface area contributed by atoms with E-state index in [-0.39, 0.29) is 17.0 Å². The lowest BCUT2D eigenvalue weighted by molar-refractivity contribution is -0.527. The molecule has 174 valence electrons. The number of hydrogen-bond donors (Lipinski definition) is 5. The van der Waals surface area contributed by atoms with Gasteiger partial charge in [-0.1, -0.05) is 6.10 Å². The molecule has 1 aliphatic rings. The molecular formula is C10H14N5O13P3-2. The number of phosphoric ester groups is 1. The molecule has 1 saturated heterocycles. The average Bonchev–Trinajstić information content (AvgIpc) is 3.13. The molecule has 3 heterocycles. The SMILES string of the molecule is Nc1ncnc2c1ncn2[C@@H]1O[C@H](COP(=O)(O)OP(=O)(O)OP(=O)(O)O)[C@H]([O-])[C@H]1[O-]. The number of nitrogen functional groups attached to an aromatic ring is 1. The van der Waals surface area contributed by atoms with Crippen LogP contribution in [-0.2, 0) is 31.6 Å². The normalized spacial score (nSPS) is 28.5. The molecule has 1 fully saturated rings. The van der Waals surface area contributed by atoms with Crippen LogP contribution >= 0.6 is 23.5 Å². The van der Waals surface area contributed by atoms with Crippen LogP contribution in [0.1, 0.15) is 6.23 Å². The lowest BCUT2D eigenvalue weighted by Gasteiger charge is -2.33. The van der Waals surface area contributed by atoms with Gasteiger partial charge in [-0.15, -0.1) is 6.10 Å². The summed E-state index contributed by atoms with van der Waals surface area (Å²) < 4.78 is 51.5. The third-order valence-corrected chi connectivity index (χ3v) is 7.57. The Kier molecular flexibility index (Phi) is 6.68. The van der Waals surface area contributed by atoms with Crippen molar-refractivity contribution in [2.45, 2.75) is 24.5 Å². The Bertz CT molecular complexity index is 1100. The monoisotopic (exact) mass is 505 g/mol. The van der Waals surface area contributed by atoms with Gasteiger partial charge in [-0.25, -0.2) is 28.6 Å². The molecule has 0 bridgehead atoms. The van der Waals surface area contributed by atoms with Crippen LogP contribution in [-0.4, -0.2) is 64.0 Å². The van der Waals surface area contributed by atoms with Gasteiger partial charge in [-0.2, -0.15) is 8.62 Å². The van der Waals surface area contributed by atoms with Crippen molar-refractivity contribution in [1.29, 1.82) is 0 Å². The Hall–Kier alpha value is -1.36. The molecule has 6 N–H and O–H groups in total. The number of phosphoric acid groups is 3. The number of hydrogen-bond acceptors (Lipinski definition) is 13. The fourth-order valence-electron chi connectivity index (χ4n) is 2.59. The minimum atomic E-state index is -5.73. The van der Waals surface area contributed by atoms with Crippen molar-refractivity contribution >= 4 is 40.4 Å². The molecule has 0 amide bonds. The van der Waals surface area contributed by atoms with Crippen molar-refractivity contribution in [1.82, 2.24) is 19.5 Å². The molecule has 6 atom stereocenters. The van der Waals surface area contributed by atoms with Crippen LogP contribution in [0.2, 0.25) is 0 Å². The Morgan fingerprint density at radius 2 is 1.74 bits per heavy atom. The number of imidazole rings is 1. The van der Waals surface area contributed by atoms with Crippen molar-refractivity contribution in [3.8, 4) is 0 Å². The third-order valence-electron chi connectivity index (χ3n) is 3.76. The molecular weight excluding hydrogens is 491 g/mol. The molecule has 0 spiro atoms. The van der Waals surface area contributed by atoms with Gasteiger partial charge in [0.25, 0.3) is 0 Å².